The minimum absolute atomic E-state index is 0.219. The molecule has 0 aliphatic carbocycles. The summed E-state index contributed by atoms with van der Waals surface area (Å²) in [5.41, 5.74) is 1.30. The van der Waals surface area contributed by atoms with E-state index in [4.69, 9.17) is 4.99 Å². The molecule has 1 aromatic carbocycles. The molecule has 1 saturated heterocycles. The van der Waals surface area contributed by atoms with E-state index in [9.17, 15) is 4.39 Å². The number of anilines is 1. The van der Waals surface area contributed by atoms with E-state index in [1.54, 1.807) is 12.3 Å². The maximum Gasteiger partial charge on any atom is 0.191 e. The fourth-order valence-electron chi connectivity index (χ4n) is 3.50. The first-order chi connectivity index (χ1) is 14.2. The highest BCUT2D eigenvalue weighted by Crippen LogP contribution is 2.20. The second-order valence-corrected chi connectivity index (χ2v) is 7.37. The third-order valence-corrected chi connectivity index (χ3v) is 4.96. The normalized spacial score (nSPS) is 17.0. The molecule has 0 bridgehead atoms. The summed E-state index contributed by atoms with van der Waals surface area (Å²) in [6, 6.07) is 13.7. The SMILES string of the molecule is CCNC(=NCCN(C)Cc1ccccc1)NC1CCN(c2ncccc2F)C1. The molecule has 0 radical (unpaired) electrons. The number of aromatic nitrogens is 1. The van der Waals surface area contributed by atoms with Crippen LogP contribution in [0.1, 0.15) is 18.9 Å². The van der Waals surface area contributed by atoms with E-state index in [0.717, 1.165) is 38.6 Å². The van der Waals surface area contributed by atoms with E-state index in [1.807, 2.05) is 11.0 Å². The van der Waals surface area contributed by atoms with Gasteiger partial charge < -0.3 is 20.4 Å². The van der Waals surface area contributed by atoms with E-state index in [0.29, 0.717) is 18.9 Å². The molecule has 3 rings (SSSR count). The molecule has 0 amide bonds. The third-order valence-electron chi connectivity index (χ3n) is 4.96. The summed E-state index contributed by atoms with van der Waals surface area (Å²) >= 11 is 0. The quantitative estimate of drug-likeness (QED) is 0.529. The number of halogens is 1. The molecule has 0 saturated carbocycles. The van der Waals surface area contributed by atoms with E-state index in [1.165, 1.54) is 11.6 Å². The van der Waals surface area contributed by atoms with Gasteiger partial charge in [0.05, 0.1) is 6.54 Å². The number of nitrogens with one attached hydrogen (secondary N) is 2. The largest absolute Gasteiger partial charge is 0.357 e. The summed E-state index contributed by atoms with van der Waals surface area (Å²) in [7, 11) is 2.11. The van der Waals surface area contributed by atoms with Gasteiger partial charge in [-0.3, -0.25) is 4.99 Å². The lowest BCUT2D eigenvalue weighted by molar-refractivity contribution is 0.336. The first kappa shape index (κ1) is 21.0. The van der Waals surface area contributed by atoms with Crippen LogP contribution in [0.2, 0.25) is 0 Å². The van der Waals surface area contributed by atoms with Gasteiger partial charge in [-0.1, -0.05) is 30.3 Å². The van der Waals surface area contributed by atoms with E-state index in [-0.39, 0.29) is 11.9 Å². The summed E-state index contributed by atoms with van der Waals surface area (Å²) < 4.78 is 14.0. The van der Waals surface area contributed by atoms with E-state index < -0.39 is 0 Å². The van der Waals surface area contributed by atoms with Crippen LogP contribution in [-0.4, -0.2) is 61.7 Å². The standard InChI is InChI=1S/C22H31FN6/c1-3-24-22(26-13-15-28(2)16-18-8-5-4-6-9-18)27-19-11-14-29(17-19)21-20(23)10-7-12-25-21/h4-10,12,19H,3,11,13-17H2,1-2H3,(H2,24,26,27). The second-order valence-electron chi connectivity index (χ2n) is 7.37. The first-order valence-corrected chi connectivity index (χ1v) is 10.3. The molecule has 2 heterocycles. The van der Waals surface area contributed by atoms with Crippen LogP contribution in [0.15, 0.2) is 53.7 Å². The predicted molar refractivity (Wildman–Crippen MR) is 117 cm³/mol. The van der Waals surface area contributed by atoms with Crippen molar-refractivity contribution in [1.82, 2.24) is 20.5 Å². The smallest absolute Gasteiger partial charge is 0.191 e. The highest BCUT2D eigenvalue weighted by molar-refractivity contribution is 5.80. The topological polar surface area (TPSA) is 55.8 Å². The Labute approximate surface area is 172 Å². The monoisotopic (exact) mass is 398 g/mol. The van der Waals surface area contributed by atoms with Crippen LogP contribution in [-0.2, 0) is 6.54 Å². The molecule has 1 unspecified atom stereocenters. The minimum Gasteiger partial charge on any atom is -0.357 e. The van der Waals surface area contributed by atoms with Gasteiger partial charge in [0.2, 0.25) is 0 Å². The number of aliphatic imine (C=N–C) groups is 1. The number of hydrogen-bond donors (Lipinski definition) is 2. The summed E-state index contributed by atoms with van der Waals surface area (Å²) in [5.74, 6) is 0.977. The van der Waals surface area contributed by atoms with Gasteiger partial charge in [0.1, 0.15) is 0 Å². The summed E-state index contributed by atoms with van der Waals surface area (Å²) in [6.07, 6.45) is 2.56. The maximum absolute atomic E-state index is 14.0. The van der Waals surface area contributed by atoms with Gasteiger partial charge in [0.15, 0.2) is 17.6 Å². The van der Waals surface area contributed by atoms with Gasteiger partial charge in [0.25, 0.3) is 0 Å². The van der Waals surface area contributed by atoms with Gasteiger partial charge in [-0.25, -0.2) is 9.37 Å². The molecule has 1 atom stereocenters. The van der Waals surface area contributed by atoms with Crippen LogP contribution in [0.3, 0.4) is 0 Å². The fourth-order valence-corrected chi connectivity index (χ4v) is 3.50. The molecule has 6 nitrogen and oxygen atoms in total. The van der Waals surface area contributed by atoms with Gasteiger partial charge >= 0.3 is 0 Å². The van der Waals surface area contributed by atoms with Crippen molar-refractivity contribution in [2.45, 2.75) is 25.9 Å². The Morgan fingerprint density at radius 3 is 2.86 bits per heavy atom. The zero-order valence-corrected chi connectivity index (χ0v) is 17.3. The fraction of sp³-hybridized carbons (Fsp3) is 0.455. The van der Waals surface area contributed by atoms with Crippen molar-refractivity contribution in [3.05, 3.63) is 60.0 Å². The van der Waals surface area contributed by atoms with Crippen molar-refractivity contribution < 1.29 is 4.39 Å². The number of benzene rings is 1. The molecule has 2 aromatic rings. The average molecular weight is 399 g/mol. The number of hydrogen-bond acceptors (Lipinski definition) is 4. The first-order valence-electron chi connectivity index (χ1n) is 10.3. The molecule has 7 heteroatoms. The summed E-state index contributed by atoms with van der Waals surface area (Å²) in [5, 5.41) is 6.80. The van der Waals surface area contributed by atoms with Gasteiger partial charge in [0, 0.05) is 45.0 Å². The Morgan fingerprint density at radius 2 is 2.10 bits per heavy atom. The lowest BCUT2D eigenvalue weighted by Gasteiger charge is -2.20. The van der Waals surface area contributed by atoms with Crippen LogP contribution in [0.5, 0.6) is 0 Å². The minimum atomic E-state index is -0.268. The number of rotatable bonds is 8. The molecule has 2 N–H and O–H groups in total. The van der Waals surface area contributed by atoms with Gasteiger partial charge in [-0.05, 0) is 38.1 Å². The molecule has 0 spiro atoms. The van der Waals surface area contributed by atoms with Crippen LogP contribution in [0.4, 0.5) is 10.2 Å². The molecular formula is C22H31FN6. The number of pyridine rings is 1. The Balaban J connectivity index is 1.48. The summed E-state index contributed by atoms with van der Waals surface area (Å²) in [4.78, 5) is 13.2. The Bertz CT molecular complexity index is 782. The van der Waals surface area contributed by atoms with Crippen LogP contribution >= 0.6 is 0 Å². The van der Waals surface area contributed by atoms with Gasteiger partial charge in [-0.2, -0.15) is 0 Å². The Morgan fingerprint density at radius 1 is 1.28 bits per heavy atom. The molecular weight excluding hydrogens is 367 g/mol. The van der Waals surface area contributed by atoms with Crippen molar-refractivity contribution in [1.29, 1.82) is 0 Å². The zero-order chi connectivity index (χ0) is 20.5. The van der Waals surface area contributed by atoms with Crippen LogP contribution in [0, 0.1) is 5.82 Å². The van der Waals surface area contributed by atoms with Crippen LogP contribution < -0.4 is 15.5 Å². The molecule has 1 aliphatic rings. The predicted octanol–water partition coefficient (Wildman–Crippen LogP) is 2.49. The van der Waals surface area contributed by atoms with Crippen molar-refractivity contribution in [2.24, 2.45) is 4.99 Å². The van der Waals surface area contributed by atoms with Crippen molar-refractivity contribution >= 4 is 11.8 Å². The number of likely N-dealkylation sites (N-methyl/N-ethyl adjacent to an activating group) is 1. The lowest BCUT2D eigenvalue weighted by Crippen LogP contribution is -2.45. The Hall–Kier alpha value is -2.67. The Kier molecular flexibility index (Phi) is 7.81. The number of nitrogens with zero attached hydrogens (tertiary/aromatic N) is 4. The van der Waals surface area contributed by atoms with Gasteiger partial charge in [-0.15, -0.1) is 0 Å². The molecule has 156 valence electrons. The lowest BCUT2D eigenvalue weighted by atomic mass is 10.2. The second kappa shape index (κ2) is 10.8. The molecule has 1 fully saturated rings. The highest BCUT2D eigenvalue weighted by Gasteiger charge is 2.25. The van der Waals surface area contributed by atoms with Crippen molar-refractivity contribution in [3.8, 4) is 0 Å². The number of guanidine groups is 1. The van der Waals surface area contributed by atoms with E-state index in [2.05, 4.69) is 58.8 Å². The highest BCUT2D eigenvalue weighted by atomic mass is 19.1. The maximum atomic E-state index is 14.0. The van der Waals surface area contributed by atoms with Crippen molar-refractivity contribution in [2.75, 3.05) is 44.7 Å². The van der Waals surface area contributed by atoms with E-state index >= 15 is 0 Å². The molecule has 1 aromatic heterocycles. The zero-order valence-electron chi connectivity index (χ0n) is 17.3. The molecule has 1 aliphatic heterocycles. The average Bonchev–Trinajstić information content (AvgIpc) is 3.17. The van der Waals surface area contributed by atoms with Crippen LogP contribution in [0.25, 0.3) is 0 Å². The molecule has 29 heavy (non-hydrogen) atoms. The third kappa shape index (κ3) is 6.42. The summed E-state index contributed by atoms with van der Waals surface area (Å²) in [6.45, 7) is 6.86. The van der Waals surface area contributed by atoms with Crippen molar-refractivity contribution in [3.63, 3.8) is 0 Å².